The summed E-state index contributed by atoms with van der Waals surface area (Å²) in [5.41, 5.74) is 0.238. The molecule has 0 bridgehead atoms. The number of rotatable bonds is 3. The number of ether oxygens (including phenoxy) is 2. The maximum Gasteiger partial charge on any atom is 0.108 e. The molecule has 3 aliphatic heterocycles. The molecule has 3 fully saturated rings. The summed E-state index contributed by atoms with van der Waals surface area (Å²) in [6.45, 7) is 8.63. The molecule has 3 saturated heterocycles. The van der Waals surface area contributed by atoms with Crippen molar-refractivity contribution >= 4 is 0 Å². The highest BCUT2D eigenvalue weighted by molar-refractivity contribution is 5.26. The summed E-state index contributed by atoms with van der Waals surface area (Å²) in [5.74, 6) is 0. The number of nitrogens with zero attached hydrogens (tertiary/aromatic N) is 3. The second kappa shape index (κ2) is 8.55. The molecule has 3 aliphatic rings. The van der Waals surface area contributed by atoms with Gasteiger partial charge in [0.25, 0.3) is 0 Å². The Morgan fingerprint density at radius 3 is 2.26 bits per heavy atom. The van der Waals surface area contributed by atoms with Crippen LogP contribution in [0.25, 0.3) is 0 Å². The van der Waals surface area contributed by atoms with Crippen molar-refractivity contribution in [1.82, 2.24) is 14.7 Å². The van der Waals surface area contributed by atoms with E-state index in [-0.39, 0.29) is 12.1 Å². The van der Waals surface area contributed by atoms with E-state index in [1.807, 2.05) is 18.2 Å². The van der Waals surface area contributed by atoms with Crippen LogP contribution < -0.4 is 0 Å². The van der Waals surface area contributed by atoms with Gasteiger partial charge < -0.3 is 19.5 Å². The van der Waals surface area contributed by atoms with E-state index in [0.717, 1.165) is 64.5 Å². The first-order valence-corrected chi connectivity index (χ1v) is 10.3. The van der Waals surface area contributed by atoms with Crippen molar-refractivity contribution in [3.8, 4) is 0 Å². The third kappa shape index (κ3) is 4.21. The van der Waals surface area contributed by atoms with Crippen LogP contribution in [0.15, 0.2) is 30.3 Å². The average molecular weight is 376 g/mol. The van der Waals surface area contributed by atoms with Gasteiger partial charge in [0.05, 0.1) is 38.5 Å². The molecule has 0 saturated carbocycles. The summed E-state index contributed by atoms with van der Waals surface area (Å²) in [6.07, 6.45) is 0.741. The highest BCUT2D eigenvalue weighted by Gasteiger charge is 2.47. The molecule has 1 N–H and O–H groups in total. The Labute approximate surface area is 162 Å². The Kier molecular flexibility index (Phi) is 6.12. The van der Waals surface area contributed by atoms with Crippen molar-refractivity contribution < 1.29 is 14.6 Å². The van der Waals surface area contributed by atoms with E-state index in [4.69, 9.17) is 9.47 Å². The van der Waals surface area contributed by atoms with Crippen LogP contribution in [-0.4, -0.2) is 105 Å². The molecule has 1 aromatic carbocycles. The van der Waals surface area contributed by atoms with Crippen molar-refractivity contribution in [3.63, 3.8) is 0 Å². The number of hydrogen-bond acceptors (Lipinski definition) is 6. The number of hydrogen-bond donors (Lipinski definition) is 1. The van der Waals surface area contributed by atoms with Gasteiger partial charge in [0.1, 0.15) is 5.60 Å². The highest BCUT2D eigenvalue weighted by Crippen LogP contribution is 2.37. The minimum Gasteiger partial charge on any atom is -0.383 e. The van der Waals surface area contributed by atoms with E-state index in [1.165, 1.54) is 0 Å². The standard InChI is InChI=1S/C21H33N3O3/c1-22-9-11-23(12-10-22)20-15-24(19-16-26-13-14-27-17-19)8-7-21(20,25)18-5-3-2-4-6-18/h2-6,19-20,25H,7-17H2,1H3/t20-,21+/m1/s1. The maximum absolute atomic E-state index is 11.8. The van der Waals surface area contributed by atoms with Gasteiger partial charge in [-0.2, -0.15) is 0 Å². The summed E-state index contributed by atoms with van der Waals surface area (Å²) < 4.78 is 11.5. The first-order valence-electron chi connectivity index (χ1n) is 10.3. The lowest BCUT2D eigenvalue weighted by Gasteiger charge is -2.52. The molecule has 4 rings (SSSR count). The third-order valence-corrected chi connectivity index (χ3v) is 6.50. The predicted octanol–water partition coefficient (Wildman–Crippen LogP) is 0.611. The van der Waals surface area contributed by atoms with Gasteiger partial charge in [0, 0.05) is 39.3 Å². The second-order valence-electron chi connectivity index (χ2n) is 8.19. The van der Waals surface area contributed by atoms with Gasteiger partial charge >= 0.3 is 0 Å². The van der Waals surface area contributed by atoms with Crippen molar-refractivity contribution in [3.05, 3.63) is 35.9 Å². The first kappa shape index (κ1) is 19.3. The number of benzene rings is 1. The molecule has 0 amide bonds. The molecule has 0 aliphatic carbocycles. The minimum absolute atomic E-state index is 0.0885. The molecule has 6 nitrogen and oxygen atoms in total. The van der Waals surface area contributed by atoms with Gasteiger partial charge in [-0.1, -0.05) is 30.3 Å². The van der Waals surface area contributed by atoms with Gasteiger partial charge in [-0.25, -0.2) is 0 Å². The molecule has 2 atom stereocenters. The second-order valence-corrected chi connectivity index (χ2v) is 8.19. The first-order chi connectivity index (χ1) is 13.2. The van der Waals surface area contributed by atoms with Gasteiger partial charge in [-0.05, 0) is 19.0 Å². The fourth-order valence-electron chi connectivity index (χ4n) is 4.71. The van der Waals surface area contributed by atoms with Gasteiger partial charge in [-0.3, -0.25) is 9.80 Å². The van der Waals surface area contributed by atoms with Crippen LogP contribution in [0.3, 0.4) is 0 Å². The van der Waals surface area contributed by atoms with Crippen molar-refractivity contribution in [2.45, 2.75) is 24.1 Å². The smallest absolute Gasteiger partial charge is 0.108 e. The average Bonchev–Trinajstić information content (AvgIpc) is 2.99. The molecule has 3 heterocycles. The minimum atomic E-state index is -0.805. The zero-order valence-corrected chi connectivity index (χ0v) is 16.4. The zero-order chi connectivity index (χ0) is 18.7. The molecule has 1 aromatic rings. The van der Waals surface area contributed by atoms with Crippen molar-refractivity contribution in [1.29, 1.82) is 0 Å². The Bertz CT molecular complexity index is 586. The van der Waals surface area contributed by atoms with Crippen LogP contribution in [-0.2, 0) is 15.1 Å². The predicted molar refractivity (Wildman–Crippen MR) is 105 cm³/mol. The van der Waals surface area contributed by atoms with Gasteiger partial charge in [0.15, 0.2) is 0 Å². The molecule has 0 radical (unpaired) electrons. The topological polar surface area (TPSA) is 48.4 Å². The number of piperidine rings is 1. The molecular weight excluding hydrogens is 342 g/mol. The van der Waals surface area contributed by atoms with Crippen molar-refractivity contribution in [2.24, 2.45) is 0 Å². The lowest BCUT2D eigenvalue weighted by atomic mass is 9.79. The van der Waals surface area contributed by atoms with Crippen LogP contribution in [0.5, 0.6) is 0 Å². The summed E-state index contributed by atoms with van der Waals surface area (Å²) in [5, 5.41) is 11.8. The lowest BCUT2D eigenvalue weighted by molar-refractivity contribution is -0.119. The van der Waals surface area contributed by atoms with Crippen LogP contribution in [0.2, 0.25) is 0 Å². The number of aliphatic hydroxyl groups is 1. The summed E-state index contributed by atoms with van der Waals surface area (Å²) in [7, 11) is 2.17. The Hall–Kier alpha value is -1.02. The van der Waals surface area contributed by atoms with E-state index in [2.05, 4.69) is 33.9 Å². The largest absolute Gasteiger partial charge is 0.383 e. The molecule has 150 valence electrons. The zero-order valence-electron chi connectivity index (χ0n) is 16.4. The number of piperazine rings is 1. The summed E-state index contributed by atoms with van der Waals surface area (Å²) in [4.78, 5) is 7.34. The molecular formula is C21H33N3O3. The van der Waals surface area contributed by atoms with E-state index < -0.39 is 5.60 Å². The fraction of sp³-hybridized carbons (Fsp3) is 0.714. The van der Waals surface area contributed by atoms with E-state index in [1.54, 1.807) is 0 Å². The Balaban J connectivity index is 1.56. The Morgan fingerprint density at radius 1 is 0.926 bits per heavy atom. The summed E-state index contributed by atoms with van der Waals surface area (Å²) in [6, 6.07) is 10.6. The molecule has 0 spiro atoms. The van der Waals surface area contributed by atoms with Crippen LogP contribution in [0.4, 0.5) is 0 Å². The molecule has 0 unspecified atom stereocenters. The van der Waals surface area contributed by atoms with Crippen LogP contribution >= 0.6 is 0 Å². The maximum atomic E-state index is 11.8. The molecule has 6 heteroatoms. The lowest BCUT2D eigenvalue weighted by Crippen LogP contribution is -2.65. The highest BCUT2D eigenvalue weighted by atomic mass is 16.5. The van der Waals surface area contributed by atoms with Crippen molar-refractivity contribution in [2.75, 3.05) is 72.7 Å². The number of likely N-dealkylation sites (tertiary alicyclic amines) is 1. The normalized spacial score (nSPS) is 33.0. The van der Waals surface area contributed by atoms with Gasteiger partial charge in [-0.15, -0.1) is 0 Å². The molecule has 0 aromatic heterocycles. The molecule has 27 heavy (non-hydrogen) atoms. The van der Waals surface area contributed by atoms with Gasteiger partial charge in [0.2, 0.25) is 0 Å². The SMILES string of the molecule is CN1CCN([C@@H]2CN(C3COCCOC3)CC[C@]2(O)c2ccccc2)CC1. The Morgan fingerprint density at radius 2 is 1.59 bits per heavy atom. The van der Waals surface area contributed by atoms with Crippen LogP contribution in [0, 0.1) is 0 Å². The monoisotopic (exact) mass is 375 g/mol. The quantitative estimate of drug-likeness (QED) is 0.836. The van der Waals surface area contributed by atoms with E-state index in [0.29, 0.717) is 13.2 Å². The fourth-order valence-corrected chi connectivity index (χ4v) is 4.71. The van der Waals surface area contributed by atoms with E-state index >= 15 is 0 Å². The van der Waals surface area contributed by atoms with Crippen LogP contribution in [0.1, 0.15) is 12.0 Å². The van der Waals surface area contributed by atoms with E-state index in [9.17, 15) is 5.11 Å². The summed E-state index contributed by atoms with van der Waals surface area (Å²) >= 11 is 0. The number of likely N-dealkylation sites (N-methyl/N-ethyl adjacent to an activating group) is 1. The third-order valence-electron chi connectivity index (χ3n) is 6.50.